The zero-order valence-corrected chi connectivity index (χ0v) is 11.7. The molecular weight excluding hydrogens is 308 g/mol. The van der Waals surface area contributed by atoms with E-state index in [2.05, 4.69) is 20.0 Å². The molecule has 0 saturated heterocycles. The van der Waals surface area contributed by atoms with E-state index in [4.69, 9.17) is 23.2 Å². The number of methoxy groups -OCH3 is 1. The van der Waals surface area contributed by atoms with Crippen LogP contribution < -0.4 is 5.32 Å². The molecule has 0 fully saturated rings. The van der Waals surface area contributed by atoms with Gasteiger partial charge in [0.1, 0.15) is 5.82 Å². The molecule has 2 aromatic rings. The van der Waals surface area contributed by atoms with Gasteiger partial charge in [0.25, 0.3) is 0 Å². The second-order valence-electron chi connectivity index (χ2n) is 3.66. The largest absolute Gasteiger partial charge is 0.464 e. The number of anilines is 2. The lowest BCUT2D eigenvalue weighted by atomic mass is 10.3. The van der Waals surface area contributed by atoms with E-state index >= 15 is 0 Å². The molecule has 0 aliphatic carbocycles. The van der Waals surface area contributed by atoms with Crippen molar-refractivity contribution in [2.24, 2.45) is 0 Å². The monoisotopic (exact) mass is 315 g/mol. The number of nitrogens with one attached hydrogen (secondary N) is 1. The molecule has 2 rings (SSSR count). The number of carbonyl (C=O) groups excluding carboxylic acids is 1. The van der Waals surface area contributed by atoms with E-state index in [0.717, 1.165) is 0 Å². The molecule has 0 saturated carbocycles. The lowest BCUT2D eigenvalue weighted by Gasteiger charge is -2.07. The normalized spacial score (nSPS) is 10.2. The number of benzene rings is 1. The van der Waals surface area contributed by atoms with E-state index in [0.29, 0.717) is 11.5 Å². The van der Waals surface area contributed by atoms with Gasteiger partial charge in [-0.2, -0.15) is 0 Å². The number of carbonyl (C=O) groups is 1. The van der Waals surface area contributed by atoms with Crippen molar-refractivity contribution in [3.8, 4) is 0 Å². The fourth-order valence-corrected chi connectivity index (χ4v) is 1.87. The van der Waals surface area contributed by atoms with E-state index in [1.807, 2.05) is 0 Å². The van der Waals surface area contributed by atoms with E-state index in [1.165, 1.54) is 31.6 Å². The Labute approximate surface area is 123 Å². The predicted molar refractivity (Wildman–Crippen MR) is 73.1 cm³/mol. The molecule has 8 heteroatoms. The smallest absolute Gasteiger partial charge is 0.358 e. The van der Waals surface area contributed by atoms with Crippen LogP contribution >= 0.6 is 23.2 Å². The van der Waals surface area contributed by atoms with E-state index in [9.17, 15) is 9.18 Å². The quantitative estimate of drug-likeness (QED) is 0.694. The summed E-state index contributed by atoms with van der Waals surface area (Å²) in [5.41, 5.74) is 0.523. The highest BCUT2D eigenvalue weighted by Gasteiger charge is 2.10. The van der Waals surface area contributed by atoms with Crippen LogP contribution in [0, 0.1) is 5.82 Å². The first-order chi connectivity index (χ1) is 9.51. The fraction of sp³-hybridized carbons (Fsp3) is 0.0833. The number of rotatable bonds is 3. The van der Waals surface area contributed by atoms with Crippen LogP contribution in [0.3, 0.4) is 0 Å². The van der Waals surface area contributed by atoms with Crippen molar-refractivity contribution in [3.05, 3.63) is 46.1 Å². The second-order valence-corrected chi connectivity index (χ2v) is 4.47. The average Bonchev–Trinajstić information content (AvgIpc) is 2.44. The van der Waals surface area contributed by atoms with Crippen LogP contribution in [0.5, 0.6) is 0 Å². The number of hydrogen-bond donors (Lipinski definition) is 1. The molecule has 0 bridgehead atoms. The minimum atomic E-state index is -0.689. The summed E-state index contributed by atoms with van der Waals surface area (Å²) in [6.45, 7) is 0. The van der Waals surface area contributed by atoms with E-state index < -0.39 is 11.8 Å². The Morgan fingerprint density at radius 3 is 2.40 bits per heavy atom. The number of nitrogens with zero attached hydrogens (tertiary/aromatic N) is 2. The van der Waals surface area contributed by atoms with Gasteiger partial charge in [0, 0.05) is 5.69 Å². The molecular formula is C12H8Cl2FN3O2. The highest BCUT2D eigenvalue weighted by Crippen LogP contribution is 2.28. The van der Waals surface area contributed by atoms with Gasteiger partial charge < -0.3 is 10.1 Å². The summed E-state index contributed by atoms with van der Waals surface area (Å²) in [5, 5.41) is 2.61. The molecule has 1 N–H and O–H groups in total. The predicted octanol–water partition coefficient (Wildman–Crippen LogP) is 3.45. The zero-order valence-electron chi connectivity index (χ0n) is 10.2. The third-order valence-corrected chi connectivity index (χ3v) is 2.85. The van der Waals surface area contributed by atoms with Crippen molar-refractivity contribution in [1.29, 1.82) is 0 Å². The maximum Gasteiger partial charge on any atom is 0.358 e. The lowest BCUT2D eigenvalue weighted by molar-refractivity contribution is 0.0593. The van der Waals surface area contributed by atoms with Crippen LogP contribution in [-0.4, -0.2) is 23.0 Å². The molecule has 1 aromatic carbocycles. The van der Waals surface area contributed by atoms with Crippen molar-refractivity contribution in [3.63, 3.8) is 0 Å². The van der Waals surface area contributed by atoms with Gasteiger partial charge in [-0.05, 0) is 12.1 Å². The van der Waals surface area contributed by atoms with Crippen LogP contribution in [0.25, 0.3) is 0 Å². The summed E-state index contributed by atoms with van der Waals surface area (Å²) in [6, 6.07) is 2.72. The molecule has 0 unspecified atom stereocenters. The summed E-state index contributed by atoms with van der Waals surface area (Å²) in [4.78, 5) is 19.0. The number of hydrogen-bond acceptors (Lipinski definition) is 5. The third-order valence-electron chi connectivity index (χ3n) is 2.30. The van der Waals surface area contributed by atoms with Gasteiger partial charge in [0.15, 0.2) is 11.5 Å². The number of aromatic nitrogens is 2. The second kappa shape index (κ2) is 6.02. The van der Waals surface area contributed by atoms with Crippen molar-refractivity contribution in [2.75, 3.05) is 12.4 Å². The van der Waals surface area contributed by atoms with Crippen LogP contribution in [-0.2, 0) is 4.74 Å². The first-order valence-corrected chi connectivity index (χ1v) is 6.09. The van der Waals surface area contributed by atoms with Crippen LogP contribution in [0.15, 0.2) is 24.5 Å². The topological polar surface area (TPSA) is 64.1 Å². The van der Waals surface area contributed by atoms with Gasteiger partial charge in [-0.1, -0.05) is 23.2 Å². The van der Waals surface area contributed by atoms with Gasteiger partial charge in [-0.25, -0.2) is 19.2 Å². The minimum absolute atomic E-state index is 0.0771. The van der Waals surface area contributed by atoms with Crippen LogP contribution in [0.1, 0.15) is 10.5 Å². The highest BCUT2D eigenvalue weighted by atomic mass is 35.5. The molecule has 0 atom stereocenters. The van der Waals surface area contributed by atoms with Gasteiger partial charge in [-0.15, -0.1) is 0 Å². The van der Waals surface area contributed by atoms with E-state index in [-0.39, 0.29) is 15.7 Å². The first-order valence-electron chi connectivity index (χ1n) is 5.33. The zero-order chi connectivity index (χ0) is 14.7. The van der Waals surface area contributed by atoms with Crippen molar-refractivity contribution < 1.29 is 13.9 Å². The fourth-order valence-electron chi connectivity index (χ4n) is 1.38. The van der Waals surface area contributed by atoms with Crippen LogP contribution in [0.4, 0.5) is 15.9 Å². The summed E-state index contributed by atoms with van der Waals surface area (Å²) >= 11 is 11.3. The average molecular weight is 316 g/mol. The molecule has 0 aliphatic rings. The lowest BCUT2D eigenvalue weighted by Crippen LogP contribution is -2.05. The molecule has 104 valence electrons. The Kier molecular flexibility index (Phi) is 4.36. The number of halogens is 3. The Morgan fingerprint density at radius 2 is 1.90 bits per heavy atom. The summed E-state index contributed by atoms with van der Waals surface area (Å²) in [6.07, 6.45) is 2.58. The maximum atomic E-state index is 13.3. The number of esters is 1. The van der Waals surface area contributed by atoms with Crippen molar-refractivity contribution in [2.45, 2.75) is 0 Å². The summed E-state index contributed by atoms with van der Waals surface area (Å²) < 4.78 is 17.8. The molecule has 0 radical (unpaired) electrons. The molecule has 1 heterocycles. The Bertz CT molecular complexity index is 627. The third kappa shape index (κ3) is 3.15. The molecule has 5 nitrogen and oxygen atoms in total. The Balaban J connectivity index is 2.20. The van der Waals surface area contributed by atoms with Gasteiger partial charge in [0.2, 0.25) is 0 Å². The first kappa shape index (κ1) is 14.5. The minimum Gasteiger partial charge on any atom is -0.464 e. The molecule has 1 aromatic heterocycles. The number of ether oxygens (including phenoxy) is 1. The molecule has 0 amide bonds. The molecule has 0 spiro atoms. The standard InChI is InChI=1S/C12H8Cl2FN3O2/c1-20-12(19)9-4-17-10(5-16-9)18-6-2-7(13)11(15)8(14)3-6/h2-5H,1H3,(H,17,18). The Morgan fingerprint density at radius 1 is 1.25 bits per heavy atom. The van der Waals surface area contributed by atoms with Gasteiger partial charge in [-0.3, -0.25) is 0 Å². The van der Waals surface area contributed by atoms with E-state index in [1.54, 1.807) is 0 Å². The van der Waals surface area contributed by atoms with Gasteiger partial charge >= 0.3 is 5.97 Å². The van der Waals surface area contributed by atoms with Crippen molar-refractivity contribution in [1.82, 2.24) is 9.97 Å². The maximum absolute atomic E-state index is 13.3. The molecule has 20 heavy (non-hydrogen) atoms. The van der Waals surface area contributed by atoms with Gasteiger partial charge in [0.05, 0.1) is 29.5 Å². The summed E-state index contributed by atoms with van der Waals surface area (Å²) in [5.74, 6) is -0.931. The van der Waals surface area contributed by atoms with Crippen molar-refractivity contribution >= 4 is 40.7 Å². The SMILES string of the molecule is COC(=O)c1cnc(Nc2cc(Cl)c(F)c(Cl)c2)cn1. The van der Waals surface area contributed by atoms with Crippen LogP contribution in [0.2, 0.25) is 10.0 Å². The Hall–Kier alpha value is -1.92. The molecule has 0 aliphatic heterocycles. The summed E-state index contributed by atoms with van der Waals surface area (Å²) in [7, 11) is 1.25. The highest BCUT2D eigenvalue weighted by molar-refractivity contribution is 6.35.